The highest BCUT2D eigenvalue weighted by Crippen LogP contribution is 2.12. The van der Waals surface area contributed by atoms with Gasteiger partial charge in [-0.05, 0) is 64.2 Å². The van der Waals surface area contributed by atoms with Gasteiger partial charge in [0.1, 0.15) is 13.2 Å². The summed E-state index contributed by atoms with van der Waals surface area (Å²) in [6.07, 6.45) is 46.1. The average Bonchev–Trinajstić information content (AvgIpc) is 3.04. The van der Waals surface area contributed by atoms with Crippen LogP contribution in [-0.2, 0) is 19.6 Å². The lowest BCUT2D eigenvalue weighted by molar-refractivity contribution is -0.875. The van der Waals surface area contributed by atoms with Gasteiger partial charge in [-0.15, -0.1) is 0 Å². The molecule has 0 rings (SSSR count). The molecule has 0 heterocycles. The minimum absolute atomic E-state index is 0.135. The molecular weight excluding hydrogens is 582 g/mol. The largest absolute Gasteiger partial charge is 0.329 e. The summed E-state index contributed by atoms with van der Waals surface area (Å²) in [6, 6.07) is 0. The van der Waals surface area contributed by atoms with Gasteiger partial charge in [-0.1, -0.05) is 154 Å². The fraction of sp³-hybridized carbons (Fsp3) is 0.905. The molecule has 0 spiro atoms. The average molecular weight is 667 g/mol. The Kier molecular flexibility index (Phi) is 37.5. The summed E-state index contributed by atoms with van der Waals surface area (Å²) in [7, 11) is 6.49. The Balaban J connectivity index is 3.60. The number of allylic oxidation sites excluding steroid dienone is 4. The highest BCUT2D eigenvalue weighted by molar-refractivity contribution is 4.82. The van der Waals surface area contributed by atoms with Crippen LogP contribution in [0.4, 0.5) is 0 Å². The number of rotatable bonds is 39. The molecule has 280 valence electrons. The molecule has 0 N–H and O–H groups in total. The van der Waals surface area contributed by atoms with Crippen LogP contribution < -0.4 is 0 Å². The molecule has 0 amide bonds. The maximum absolute atomic E-state index is 5.75. The first-order chi connectivity index (χ1) is 23.0. The fourth-order valence-corrected chi connectivity index (χ4v) is 5.87. The van der Waals surface area contributed by atoms with Gasteiger partial charge < -0.3 is 4.48 Å². The smallest absolute Gasteiger partial charge is 0.168 e. The van der Waals surface area contributed by atoms with E-state index in [-0.39, 0.29) is 6.10 Å². The van der Waals surface area contributed by atoms with E-state index < -0.39 is 0 Å². The summed E-state index contributed by atoms with van der Waals surface area (Å²) in [6.45, 7) is 7.07. The van der Waals surface area contributed by atoms with E-state index in [1.54, 1.807) is 0 Å². The minimum Gasteiger partial charge on any atom is -0.329 e. The van der Waals surface area contributed by atoms with E-state index in [2.05, 4.69) is 59.3 Å². The van der Waals surface area contributed by atoms with Crippen molar-refractivity contribution in [3.05, 3.63) is 24.3 Å². The molecule has 0 aliphatic rings. The van der Waals surface area contributed by atoms with E-state index in [4.69, 9.17) is 19.6 Å². The van der Waals surface area contributed by atoms with E-state index in [9.17, 15) is 0 Å². The molecule has 0 bridgehead atoms. The summed E-state index contributed by atoms with van der Waals surface area (Å²) in [5.74, 6) is 0. The Morgan fingerprint density at radius 1 is 0.404 bits per heavy atom. The number of unbranched alkanes of at least 4 members (excludes halogenated alkanes) is 24. The Hall–Kier alpha value is -0.720. The Morgan fingerprint density at radius 2 is 0.745 bits per heavy atom. The summed E-state index contributed by atoms with van der Waals surface area (Å²) < 4.78 is 0.792. The van der Waals surface area contributed by atoms with Gasteiger partial charge >= 0.3 is 0 Å². The van der Waals surface area contributed by atoms with Crippen LogP contribution in [0.5, 0.6) is 0 Å². The normalized spacial score (nSPS) is 13.0. The van der Waals surface area contributed by atoms with Crippen LogP contribution in [0.25, 0.3) is 0 Å². The third-order valence-electron chi connectivity index (χ3n) is 8.77. The van der Waals surface area contributed by atoms with Gasteiger partial charge in [-0.25, -0.2) is 19.6 Å². The fourth-order valence-electron chi connectivity index (χ4n) is 5.87. The summed E-state index contributed by atoms with van der Waals surface area (Å²) >= 11 is 0. The second-order valence-electron chi connectivity index (χ2n) is 15.0. The van der Waals surface area contributed by atoms with Gasteiger partial charge in [0.05, 0.1) is 34.4 Å². The molecule has 0 aromatic heterocycles. The lowest BCUT2D eigenvalue weighted by Crippen LogP contribution is -2.44. The van der Waals surface area contributed by atoms with Crippen LogP contribution in [0.15, 0.2) is 24.3 Å². The van der Waals surface area contributed by atoms with Crippen LogP contribution in [0.3, 0.4) is 0 Å². The third kappa shape index (κ3) is 41.4. The van der Waals surface area contributed by atoms with E-state index in [0.717, 1.165) is 23.9 Å². The summed E-state index contributed by atoms with van der Waals surface area (Å²) in [4.78, 5) is 22.3. The molecule has 1 atom stereocenters. The second kappa shape index (κ2) is 38.1. The number of hydrogen-bond acceptors (Lipinski definition) is 4. The topological polar surface area (TPSA) is 36.9 Å². The van der Waals surface area contributed by atoms with E-state index >= 15 is 0 Å². The predicted molar refractivity (Wildman–Crippen MR) is 205 cm³/mol. The maximum atomic E-state index is 5.75. The van der Waals surface area contributed by atoms with Crippen molar-refractivity contribution in [2.24, 2.45) is 0 Å². The molecule has 0 radical (unpaired) electrons. The zero-order valence-corrected chi connectivity index (χ0v) is 32.6. The molecule has 0 aliphatic heterocycles. The van der Waals surface area contributed by atoms with Crippen molar-refractivity contribution < 1.29 is 24.0 Å². The molecule has 0 fully saturated rings. The van der Waals surface area contributed by atoms with Gasteiger partial charge in [-0.3, -0.25) is 0 Å². The van der Waals surface area contributed by atoms with Gasteiger partial charge in [-0.2, -0.15) is 0 Å². The van der Waals surface area contributed by atoms with Gasteiger partial charge in [0, 0.05) is 0 Å². The van der Waals surface area contributed by atoms with Crippen LogP contribution >= 0.6 is 0 Å². The standard InChI is InChI=1S/C42H84NO4/c1-6-8-10-12-14-16-18-20-22-24-26-28-30-32-34-36-38-44-46-41-42(40-43(3,4)5)47-45-39-37-35-33-31-29-27-25-23-21-19-17-15-13-11-9-7-2/h20-23,42H,6-19,24-41H2,1-5H3/q+1. The zero-order valence-electron chi connectivity index (χ0n) is 32.6. The number of hydrogen-bond donors (Lipinski definition) is 0. The Labute approximate surface area is 295 Å². The monoisotopic (exact) mass is 667 g/mol. The van der Waals surface area contributed by atoms with Crippen LogP contribution in [-0.4, -0.2) is 58.1 Å². The molecule has 5 nitrogen and oxygen atoms in total. The van der Waals surface area contributed by atoms with Crippen molar-refractivity contribution in [2.75, 3.05) is 47.5 Å². The van der Waals surface area contributed by atoms with Crippen molar-refractivity contribution in [2.45, 2.75) is 200 Å². The van der Waals surface area contributed by atoms with Crippen molar-refractivity contribution in [1.29, 1.82) is 0 Å². The highest BCUT2D eigenvalue weighted by Gasteiger charge is 2.21. The molecular formula is C42H84NO4+. The minimum atomic E-state index is -0.135. The molecule has 0 aromatic rings. The summed E-state index contributed by atoms with van der Waals surface area (Å²) in [5.41, 5.74) is 0. The van der Waals surface area contributed by atoms with E-state index in [0.29, 0.717) is 19.8 Å². The number of likely N-dealkylation sites (N-methyl/N-ethyl adjacent to an activating group) is 1. The molecule has 0 saturated carbocycles. The molecule has 0 saturated heterocycles. The van der Waals surface area contributed by atoms with Crippen molar-refractivity contribution in [3.63, 3.8) is 0 Å². The lowest BCUT2D eigenvalue weighted by Gasteiger charge is -2.28. The van der Waals surface area contributed by atoms with Crippen LogP contribution in [0, 0.1) is 0 Å². The Morgan fingerprint density at radius 3 is 1.13 bits per heavy atom. The predicted octanol–water partition coefficient (Wildman–Crippen LogP) is 13.0. The third-order valence-corrected chi connectivity index (χ3v) is 8.77. The molecule has 1 unspecified atom stereocenters. The molecule has 0 aliphatic carbocycles. The zero-order chi connectivity index (χ0) is 34.4. The van der Waals surface area contributed by atoms with Crippen LogP contribution in [0.1, 0.15) is 194 Å². The summed E-state index contributed by atoms with van der Waals surface area (Å²) in [5, 5.41) is 0. The first kappa shape index (κ1) is 46.3. The molecule has 0 aromatic carbocycles. The first-order valence-corrected chi connectivity index (χ1v) is 20.6. The van der Waals surface area contributed by atoms with E-state index in [1.807, 2.05) is 0 Å². The number of quaternary nitrogens is 1. The SMILES string of the molecule is CCCCCCCCC=CCCCCCCCCOOCC(C[N+](C)(C)C)OOCCCCCCCCC=CCCCCCCCC. The van der Waals surface area contributed by atoms with Gasteiger partial charge in [0.15, 0.2) is 6.10 Å². The van der Waals surface area contributed by atoms with Gasteiger partial charge in [0.2, 0.25) is 0 Å². The highest BCUT2D eigenvalue weighted by atomic mass is 17.2. The van der Waals surface area contributed by atoms with Crippen molar-refractivity contribution in [3.8, 4) is 0 Å². The number of nitrogens with zero attached hydrogens (tertiary/aromatic N) is 1. The maximum Gasteiger partial charge on any atom is 0.168 e. The second-order valence-corrected chi connectivity index (χ2v) is 15.0. The van der Waals surface area contributed by atoms with Crippen LogP contribution in [0.2, 0.25) is 0 Å². The lowest BCUT2D eigenvalue weighted by atomic mass is 10.1. The Bertz CT molecular complexity index is 645. The van der Waals surface area contributed by atoms with Crippen molar-refractivity contribution in [1.82, 2.24) is 0 Å². The van der Waals surface area contributed by atoms with Gasteiger partial charge in [0.25, 0.3) is 0 Å². The molecule has 47 heavy (non-hydrogen) atoms. The first-order valence-electron chi connectivity index (χ1n) is 20.6. The van der Waals surface area contributed by atoms with E-state index in [1.165, 1.54) is 167 Å². The molecule has 5 heteroatoms. The quantitative estimate of drug-likeness (QED) is 0.0215. The van der Waals surface area contributed by atoms with Crippen molar-refractivity contribution >= 4 is 0 Å².